The molecule has 0 spiro atoms. The van der Waals surface area contributed by atoms with Gasteiger partial charge in [-0.05, 0) is 75.6 Å². The monoisotopic (exact) mass is 476 g/mol. The molecule has 2 amide bonds. The zero-order valence-electron chi connectivity index (χ0n) is 20.4. The molecule has 4 rings (SSSR count). The van der Waals surface area contributed by atoms with Gasteiger partial charge in [0.1, 0.15) is 22.8 Å². The van der Waals surface area contributed by atoms with Crippen LogP contribution < -0.4 is 16.2 Å². The van der Waals surface area contributed by atoms with E-state index >= 15 is 0 Å². The number of anilines is 1. The van der Waals surface area contributed by atoms with E-state index < -0.39 is 11.5 Å². The second-order valence-corrected chi connectivity index (χ2v) is 9.76. The standard InChI is InChI=1S/C27H32N4O4/c1-27(2,3)35-26(33)30-15-7-8-18(16-30)22-17-31(24(23(22)28)25(29)32)19-11-13-21(14-12-19)34-20-9-5-4-6-10-20/h4-6,9-14,17-18H,7-8,15-16,28H2,1-3H3,(H2,29,32). The fourth-order valence-corrected chi connectivity index (χ4v) is 4.34. The van der Waals surface area contributed by atoms with Crippen molar-refractivity contribution in [3.8, 4) is 17.2 Å². The molecular weight excluding hydrogens is 444 g/mol. The molecule has 0 radical (unpaired) electrons. The first-order chi connectivity index (χ1) is 16.6. The highest BCUT2D eigenvalue weighted by atomic mass is 16.6. The number of amides is 2. The summed E-state index contributed by atoms with van der Waals surface area (Å²) in [4.78, 5) is 26.7. The first kappa shape index (κ1) is 24.2. The number of piperidine rings is 1. The molecule has 3 aromatic rings. The van der Waals surface area contributed by atoms with E-state index in [1.54, 1.807) is 9.47 Å². The lowest BCUT2D eigenvalue weighted by atomic mass is 9.91. The highest BCUT2D eigenvalue weighted by Crippen LogP contribution is 2.36. The molecule has 0 saturated carbocycles. The Morgan fingerprint density at radius 1 is 1.00 bits per heavy atom. The Balaban J connectivity index is 1.59. The average Bonchev–Trinajstić information content (AvgIpc) is 3.16. The van der Waals surface area contributed by atoms with E-state index in [1.165, 1.54) is 0 Å². The van der Waals surface area contributed by atoms with Gasteiger partial charge >= 0.3 is 6.09 Å². The van der Waals surface area contributed by atoms with Crippen molar-refractivity contribution < 1.29 is 19.1 Å². The molecule has 1 aromatic heterocycles. The molecule has 2 heterocycles. The molecule has 1 aliphatic heterocycles. The molecule has 1 aliphatic rings. The minimum absolute atomic E-state index is 0.0312. The number of nitrogen functional groups attached to an aromatic ring is 1. The number of ether oxygens (including phenoxy) is 2. The molecule has 0 aliphatic carbocycles. The first-order valence-electron chi connectivity index (χ1n) is 11.7. The van der Waals surface area contributed by atoms with Gasteiger partial charge in [-0.1, -0.05) is 18.2 Å². The van der Waals surface area contributed by atoms with Crippen LogP contribution in [0.1, 0.15) is 55.6 Å². The summed E-state index contributed by atoms with van der Waals surface area (Å²) in [7, 11) is 0. The van der Waals surface area contributed by atoms with Gasteiger partial charge in [0.15, 0.2) is 0 Å². The van der Waals surface area contributed by atoms with Crippen molar-refractivity contribution >= 4 is 17.7 Å². The van der Waals surface area contributed by atoms with Crippen LogP contribution in [-0.4, -0.2) is 40.2 Å². The molecule has 184 valence electrons. The van der Waals surface area contributed by atoms with Crippen LogP contribution >= 0.6 is 0 Å². The summed E-state index contributed by atoms with van der Waals surface area (Å²) in [5, 5.41) is 0. The summed E-state index contributed by atoms with van der Waals surface area (Å²) >= 11 is 0. The van der Waals surface area contributed by atoms with E-state index in [-0.39, 0.29) is 17.7 Å². The topological polar surface area (TPSA) is 113 Å². The largest absolute Gasteiger partial charge is 0.457 e. The number of likely N-dealkylation sites (tertiary alicyclic amines) is 1. The Labute approximate surface area is 205 Å². The summed E-state index contributed by atoms with van der Waals surface area (Å²) in [6, 6.07) is 16.8. The van der Waals surface area contributed by atoms with Crippen molar-refractivity contribution in [1.82, 2.24) is 9.47 Å². The third-order valence-electron chi connectivity index (χ3n) is 5.92. The lowest BCUT2D eigenvalue weighted by molar-refractivity contribution is 0.0198. The summed E-state index contributed by atoms with van der Waals surface area (Å²) in [5.41, 5.74) is 13.7. The molecule has 8 heteroatoms. The van der Waals surface area contributed by atoms with E-state index in [2.05, 4.69) is 0 Å². The molecule has 35 heavy (non-hydrogen) atoms. The van der Waals surface area contributed by atoms with Crippen molar-refractivity contribution in [2.45, 2.75) is 45.1 Å². The van der Waals surface area contributed by atoms with Crippen LogP contribution in [0.3, 0.4) is 0 Å². The quantitative estimate of drug-likeness (QED) is 0.534. The van der Waals surface area contributed by atoms with Gasteiger partial charge in [-0.25, -0.2) is 4.79 Å². The van der Waals surface area contributed by atoms with Crippen LogP contribution in [0.15, 0.2) is 60.8 Å². The third kappa shape index (κ3) is 5.59. The molecule has 1 unspecified atom stereocenters. The fourth-order valence-electron chi connectivity index (χ4n) is 4.34. The van der Waals surface area contributed by atoms with E-state index in [0.717, 1.165) is 29.8 Å². The van der Waals surface area contributed by atoms with E-state index in [1.807, 2.05) is 81.6 Å². The maximum absolute atomic E-state index is 12.6. The number of hydrogen-bond acceptors (Lipinski definition) is 5. The summed E-state index contributed by atoms with van der Waals surface area (Å²) in [5.74, 6) is 0.757. The minimum atomic E-state index is -0.613. The number of para-hydroxylation sites is 1. The van der Waals surface area contributed by atoms with Gasteiger partial charge in [0.2, 0.25) is 0 Å². The molecule has 2 aromatic carbocycles. The molecule has 1 atom stereocenters. The number of nitrogens with zero attached hydrogens (tertiary/aromatic N) is 2. The predicted octanol–water partition coefficient (Wildman–Crippen LogP) is 5.07. The van der Waals surface area contributed by atoms with Crippen molar-refractivity contribution in [1.29, 1.82) is 0 Å². The summed E-state index contributed by atoms with van der Waals surface area (Å²) in [6.07, 6.45) is 3.16. The number of rotatable bonds is 5. The van der Waals surface area contributed by atoms with Gasteiger partial charge < -0.3 is 30.4 Å². The van der Waals surface area contributed by atoms with Crippen LogP contribution in [-0.2, 0) is 4.74 Å². The Hall–Kier alpha value is -3.94. The van der Waals surface area contributed by atoms with Crippen molar-refractivity contribution in [3.63, 3.8) is 0 Å². The highest BCUT2D eigenvalue weighted by Gasteiger charge is 2.31. The second kappa shape index (κ2) is 9.74. The van der Waals surface area contributed by atoms with E-state index in [9.17, 15) is 9.59 Å². The van der Waals surface area contributed by atoms with Crippen molar-refractivity contribution in [3.05, 3.63) is 72.1 Å². The predicted molar refractivity (Wildman–Crippen MR) is 135 cm³/mol. The zero-order chi connectivity index (χ0) is 25.2. The number of carbonyl (C=O) groups excluding carboxylic acids is 2. The van der Waals surface area contributed by atoms with Gasteiger partial charge in [0, 0.05) is 30.9 Å². The van der Waals surface area contributed by atoms with Crippen LogP contribution in [0, 0.1) is 0 Å². The van der Waals surface area contributed by atoms with Gasteiger partial charge in [0.25, 0.3) is 5.91 Å². The maximum atomic E-state index is 12.6. The average molecular weight is 477 g/mol. The molecular formula is C27H32N4O4. The molecule has 8 nitrogen and oxygen atoms in total. The van der Waals surface area contributed by atoms with Crippen molar-refractivity contribution in [2.75, 3.05) is 18.8 Å². The normalized spacial score (nSPS) is 16.1. The fraction of sp³-hybridized carbons (Fsp3) is 0.333. The zero-order valence-corrected chi connectivity index (χ0v) is 20.4. The number of hydrogen-bond donors (Lipinski definition) is 2. The first-order valence-corrected chi connectivity index (χ1v) is 11.7. The van der Waals surface area contributed by atoms with Gasteiger partial charge in [-0.3, -0.25) is 4.79 Å². The van der Waals surface area contributed by atoms with Crippen molar-refractivity contribution in [2.24, 2.45) is 5.73 Å². The number of primary amides is 1. The van der Waals surface area contributed by atoms with Gasteiger partial charge in [-0.2, -0.15) is 0 Å². The summed E-state index contributed by atoms with van der Waals surface area (Å²) in [6.45, 7) is 6.63. The van der Waals surface area contributed by atoms with Crippen LogP contribution in [0.4, 0.5) is 10.5 Å². The number of nitrogens with two attached hydrogens (primary N) is 2. The lowest BCUT2D eigenvalue weighted by Crippen LogP contribution is -2.42. The Morgan fingerprint density at radius 2 is 1.66 bits per heavy atom. The molecule has 1 saturated heterocycles. The molecule has 1 fully saturated rings. The Morgan fingerprint density at radius 3 is 2.29 bits per heavy atom. The second-order valence-electron chi connectivity index (χ2n) is 9.76. The lowest BCUT2D eigenvalue weighted by Gasteiger charge is -2.34. The van der Waals surface area contributed by atoms with Crippen LogP contribution in [0.5, 0.6) is 11.5 Å². The molecule has 0 bridgehead atoms. The number of carbonyl (C=O) groups is 2. The third-order valence-corrected chi connectivity index (χ3v) is 5.92. The maximum Gasteiger partial charge on any atom is 0.410 e. The van der Waals surface area contributed by atoms with Gasteiger partial charge in [-0.15, -0.1) is 0 Å². The van der Waals surface area contributed by atoms with Gasteiger partial charge in [0.05, 0.1) is 5.69 Å². The van der Waals surface area contributed by atoms with E-state index in [0.29, 0.717) is 24.5 Å². The number of benzene rings is 2. The van der Waals surface area contributed by atoms with E-state index in [4.69, 9.17) is 20.9 Å². The Bertz CT molecular complexity index is 1200. The Kier molecular flexibility index (Phi) is 6.73. The SMILES string of the molecule is CC(C)(C)OC(=O)N1CCCC(c2cn(-c3ccc(Oc4ccccc4)cc3)c(C(N)=O)c2N)C1. The minimum Gasteiger partial charge on any atom is -0.457 e. The number of aromatic nitrogens is 1. The summed E-state index contributed by atoms with van der Waals surface area (Å²) < 4.78 is 13.1. The van der Waals surface area contributed by atoms with Crippen LogP contribution in [0.2, 0.25) is 0 Å². The highest BCUT2D eigenvalue weighted by molar-refractivity contribution is 5.98. The molecule has 4 N–H and O–H groups in total. The smallest absolute Gasteiger partial charge is 0.410 e. The van der Waals surface area contributed by atoms with Crippen LogP contribution in [0.25, 0.3) is 5.69 Å².